The van der Waals surface area contributed by atoms with Gasteiger partial charge in [0.2, 0.25) is 0 Å². The molecule has 0 radical (unpaired) electrons. The number of nitrogens with zero attached hydrogens (tertiary/aromatic N) is 1. The van der Waals surface area contributed by atoms with E-state index < -0.39 is 20.8 Å². The van der Waals surface area contributed by atoms with Crippen LogP contribution in [0.3, 0.4) is 0 Å². The number of carbonyl (C=O) groups is 1. The summed E-state index contributed by atoms with van der Waals surface area (Å²) in [7, 11) is -3.68. The zero-order valence-corrected chi connectivity index (χ0v) is 8.63. The molecule has 0 spiro atoms. The molecule has 1 aromatic rings. The van der Waals surface area contributed by atoms with Gasteiger partial charge < -0.3 is 5.11 Å². The van der Waals surface area contributed by atoms with Crippen LogP contribution in [0.25, 0.3) is 0 Å². The first-order valence-corrected chi connectivity index (χ1v) is 5.69. The first kappa shape index (κ1) is 10.9. The predicted octanol–water partition coefficient (Wildman–Crippen LogP) is 0.837. The fourth-order valence-corrected chi connectivity index (χ4v) is 1.88. The summed E-state index contributed by atoms with van der Waals surface area (Å²) in [5.74, 6) is -1.35. The molecule has 0 fully saturated rings. The Bertz CT molecular complexity index is 482. The molecule has 76 valence electrons. The minimum atomic E-state index is -3.68. The van der Waals surface area contributed by atoms with E-state index in [1.54, 1.807) is 0 Å². The van der Waals surface area contributed by atoms with Crippen LogP contribution in [-0.4, -0.2) is 30.7 Å². The fourth-order valence-electron chi connectivity index (χ4n) is 0.863. The van der Waals surface area contributed by atoms with Gasteiger partial charge >= 0.3 is 5.97 Å². The Labute approximate surface area is 85.3 Å². The summed E-state index contributed by atoms with van der Waals surface area (Å²) in [5, 5.41) is 8.10. The van der Waals surface area contributed by atoms with Crippen LogP contribution in [-0.2, 0) is 9.84 Å². The van der Waals surface area contributed by atoms with Gasteiger partial charge in [-0.1, -0.05) is 11.6 Å². The molecule has 0 aliphatic heterocycles. The summed E-state index contributed by atoms with van der Waals surface area (Å²) < 4.78 is 22.3. The summed E-state index contributed by atoms with van der Waals surface area (Å²) >= 11 is 5.46. The van der Waals surface area contributed by atoms with E-state index in [0.29, 0.717) is 0 Å². The molecule has 0 aliphatic carbocycles. The van der Waals surface area contributed by atoms with Crippen molar-refractivity contribution in [1.82, 2.24) is 4.98 Å². The van der Waals surface area contributed by atoms with Gasteiger partial charge in [0.15, 0.2) is 14.9 Å². The summed E-state index contributed by atoms with van der Waals surface area (Å²) in [5.41, 5.74) is -0.378. The molecule has 0 aromatic carbocycles. The minimum absolute atomic E-state index is 0.0598. The second-order valence-corrected chi connectivity index (χ2v) is 4.88. The van der Waals surface area contributed by atoms with Crippen molar-refractivity contribution in [3.05, 3.63) is 22.8 Å². The van der Waals surface area contributed by atoms with E-state index in [1.165, 1.54) is 6.07 Å². The van der Waals surface area contributed by atoms with E-state index in [4.69, 9.17) is 16.7 Å². The fraction of sp³-hybridized carbons (Fsp3) is 0.143. The first-order valence-electron chi connectivity index (χ1n) is 3.42. The molecule has 0 bridgehead atoms. The van der Waals surface area contributed by atoms with E-state index in [9.17, 15) is 13.2 Å². The molecular weight excluding hydrogens is 230 g/mol. The third-order valence-corrected chi connectivity index (χ3v) is 2.63. The second-order valence-electron chi connectivity index (χ2n) is 2.56. The number of hydrogen-bond donors (Lipinski definition) is 1. The van der Waals surface area contributed by atoms with Crippen molar-refractivity contribution < 1.29 is 18.3 Å². The average Bonchev–Trinajstić information content (AvgIpc) is 2.01. The van der Waals surface area contributed by atoms with Gasteiger partial charge in [-0.2, -0.15) is 0 Å². The van der Waals surface area contributed by atoms with Crippen molar-refractivity contribution in [3.63, 3.8) is 0 Å². The SMILES string of the molecule is CS(=O)(=O)c1nc(Cl)ccc1C(=O)O. The lowest BCUT2D eigenvalue weighted by Crippen LogP contribution is -2.09. The van der Waals surface area contributed by atoms with Gasteiger partial charge in [-0.15, -0.1) is 0 Å². The summed E-state index contributed by atoms with van der Waals surface area (Å²) in [4.78, 5) is 14.1. The molecule has 0 aliphatic rings. The van der Waals surface area contributed by atoms with Crippen LogP contribution in [0, 0.1) is 0 Å². The number of hydrogen-bond acceptors (Lipinski definition) is 4. The number of aromatic nitrogens is 1. The van der Waals surface area contributed by atoms with Gasteiger partial charge in [-0.3, -0.25) is 0 Å². The number of carboxylic acids is 1. The van der Waals surface area contributed by atoms with Crippen molar-refractivity contribution in [2.45, 2.75) is 5.03 Å². The van der Waals surface area contributed by atoms with Crippen molar-refractivity contribution >= 4 is 27.4 Å². The molecular formula is C7H6ClNO4S. The van der Waals surface area contributed by atoms with E-state index in [0.717, 1.165) is 12.3 Å². The smallest absolute Gasteiger partial charge is 0.338 e. The van der Waals surface area contributed by atoms with Gasteiger partial charge in [-0.25, -0.2) is 18.2 Å². The maximum Gasteiger partial charge on any atom is 0.338 e. The minimum Gasteiger partial charge on any atom is -0.478 e. The highest BCUT2D eigenvalue weighted by Gasteiger charge is 2.20. The Morgan fingerprint density at radius 3 is 2.50 bits per heavy atom. The van der Waals surface area contributed by atoms with Crippen LogP contribution in [0.4, 0.5) is 0 Å². The third kappa shape index (κ3) is 2.21. The van der Waals surface area contributed by atoms with Crippen LogP contribution in [0.15, 0.2) is 17.2 Å². The highest BCUT2D eigenvalue weighted by atomic mass is 35.5. The molecule has 7 heteroatoms. The summed E-state index contributed by atoms with van der Waals surface area (Å²) in [6.45, 7) is 0. The Morgan fingerprint density at radius 1 is 1.50 bits per heavy atom. The molecule has 1 aromatic heterocycles. The van der Waals surface area contributed by atoms with Crippen LogP contribution in [0.2, 0.25) is 5.15 Å². The van der Waals surface area contributed by atoms with E-state index in [1.807, 2.05) is 0 Å². The maximum absolute atomic E-state index is 11.1. The molecule has 1 rings (SSSR count). The van der Waals surface area contributed by atoms with Crippen molar-refractivity contribution in [3.8, 4) is 0 Å². The third-order valence-electron chi connectivity index (χ3n) is 1.41. The Hall–Kier alpha value is -1.14. The van der Waals surface area contributed by atoms with Gasteiger partial charge in [0.1, 0.15) is 5.15 Å². The Morgan fingerprint density at radius 2 is 2.07 bits per heavy atom. The maximum atomic E-state index is 11.1. The molecule has 1 heterocycles. The number of rotatable bonds is 2. The lowest BCUT2D eigenvalue weighted by molar-refractivity contribution is 0.0691. The van der Waals surface area contributed by atoms with E-state index in [-0.39, 0.29) is 10.7 Å². The molecule has 0 atom stereocenters. The van der Waals surface area contributed by atoms with Gasteiger partial charge in [-0.05, 0) is 12.1 Å². The molecule has 0 amide bonds. The number of sulfone groups is 1. The zero-order valence-electron chi connectivity index (χ0n) is 7.06. The van der Waals surface area contributed by atoms with Crippen LogP contribution in [0.1, 0.15) is 10.4 Å². The lowest BCUT2D eigenvalue weighted by Gasteiger charge is -2.02. The second kappa shape index (κ2) is 3.55. The summed E-state index contributed by atoms with van der Waals surface area (Å²) in [6.07, 6.45) is 0.873. The first-order chi connectivity index (χ1) is 6.32. The highest BCUT2D eigenvalue weighted by molar-refractivity contribution is 7.90. The molecule has 5 nitrogen and oxygen atoms in total. The summed E-state index contributed by atoms with van der Waals surface area (Å²) in [6, 6.07) is 2.33. The number of carboxylic acid groups (broad SMARTS) is 1. The Kier molecular flexibility index (Phi) is 2.77. The average molecular weight is 236 g/mol. The monoisotopic (exact) mass is 235 g/mol. The normalized spacial score (nSPS) is 11.3. The molecule has 0 saturated heterocycles. The van der Waals surface area contributed by atoms with Gasteiger partial charge in [0.05, 0.1) is 5.56 Å². The standard InChI is InChI=1S/C7H6ClNO4S/c1-14(12,13)6-4(7(10)11)2-3-5(8)9-6/h2-3H,1H3,(H,10,11). The van der Waals surface area contributed by atoms with Crippen molar-refractivity contribution in [2.75, 3.05) is 6.26 Å². The van der Waals surface area contributed by atoms with Crippen molar-refractivity contribution in [2.24, 2.45) is 0 Å². The molecule has 0 unspecified atom stereocenters. The highest BCUT2D eigenvalue weighted by Crippen LogP contribution is 2.16. The predicted molar refractivity (Wildman–Crippen MR) is 49.3 cm³/mol. The van der Waals surface area contributed by atoms with E-state index in [2.05, 4.69) is 4.98 Å². The number of pyridine rings is 1. The number of aromatic carboxylic acids is 1. The van der Waals surface area contributed by atoms with Gasteiger partial charge in [0.25, 0.3) is 0 Å². The van der Waals surface area contributed by atoms with Crippen LogP contribution in [0.5, 0.6) is 0 Å². The Balaban J connectivity index is 3.54. The topological polar surface area (TPSA) is 84.3 Å². The van der Waals surface area contributed by atoms with Gasteiger partial charge in [0, 0.05) is 6.26 Å². The zero-order chi connectivity index (χ0) is 10.9. The van der Waals surface area contributed by atoms with Crippen LogP contribution < -0.4 is 0 Å². The molecule has 14 heavy (non-hydrogen) atoms. The largest absolute Gasteiger partial charge is 0.478 e. The molecule has 0 saturated carbocycles. The molecule has 1 N–H and O–H groups in total. The quantitative estimate of drug-likeness (QED) is 0.768. The van der Waals surface area contributed by atoms with Crippen molar-refractivity contribution in [1.29, 1.82) is 0 Å². The number of halogens is 1. The van der Waals surface area contributed by atoms with E-state index >= 15 is 0 Å². The van der Waals surface area contributed by atoms with Crippen LogP contribution >= 0.6 is 11.6 Å². The lowest BCUT2D eigenvalue weighted by atomic mass is 10.3.